The fraction of sp³-hybridized carbons (Fsp3) is 0.130. The van der Waals surface area contributed by atoms with Gasteiger partial charge in [0.15, 0.2) is 0 Å². The third kappa shape index (κ3) is 2.23. The van der Waals surface area contributed by atoms with Gasteiger partial charge in [-0.25, -0.2) is 0 Å². The molecule has 0 fully saturated rings. The van der Waals surface area contributed by atoms with Crippen LogP contribution in [-0.2, 0) is 31.1 Å². The van der Waals surface area contributed by atoms with Crippen LogP contribution in [0.15, 0.2) is 78.9 Å². The fourth-order valence-corrected chi connectivity index (χ4v) is 4.79. The molecule has 2 heterocycles. The molecule has 0 saturated heterocycles. The van der Waals surface area contributed by atoms with E-state index in [0.29, 0.717) is 12.0 Å². The highest BCUT2D eigenvalue weighted by Crippen LogP contribution is 2.50. The van der Waals surface area contributed by atoms with Crippen LogP contribution in [0.2, 0.25) is 0 Å². The molecule has 2 unspecified atom stereocenters. The summed E-state index contributed by atoms with van der Waals surface area (Å²) in [6.45, 7) is 0. The van der Waals surface area contributed by atoms with Gasteiger partial charge in [0, 0.05) is 24.3 Å². The first-order valence-corrected chi connectivity index (χ1v) is 9.30. The Bertz CT molecular complexity index is 1100. The van der Waals surface area contributed by atoms with Crippen LogP contribution in [0.5, 0.6) is 0 Å². The number of nitrogens with zero attached hydrogens (tertiary/aromatic N) is 2. The van der Waals surface area contributed by atoms with Gasteiger partial charge < -0.3 is 0 Å². The second-order valence-electron chi connectivity index (χ2n) is 7.23. The molecular formula is C23H16N2O4. The van der Waals surface area contributed by atoms with Crippen molar-refractivity contribution >= 4 is 23.6 Å². The molecule has 0 aromatic heterocycles. The Labute approximate surface area is 166 Å². The largest absolute Gasteiger partial charge is 0.269 e. The topological polar surface area (TPSA) is 74.8 Å². The van der Waals surface area contributed by atoms with Gasteiger partial charge in [0.1, 0.15) is 5.54 Å². The first-order valence-electron chi connectivity index (χ1n) is 9.30. The number of amides is 4. The fourth-order valence-electron chi connectivity index (χ4n) is 4.79. The second kappa shape index (κ2) is 6.10. The van der Waals surface area contributed by atoms with Gasteiger partial charge in [-0.3, -0.25) is 29.0 Å². The van der Waals surface area contributed by atoms with Crippen molar-refractivity contribution in [2.24, 2.45) is 0 Å². The molecule has 1 aliphatic carbocycles. The normalized spacial score (nSPS) is 25.4. The van der Waals surface area contributed by atoms with E-state index in [-0.39, 0.29) is 0 Å². The molecule has 0 saturated carbocycles. The van der Waals surface area contributed by atoms with Crippen LogP contribution in [-0.4, -0.2) is 39.5 Å². The van der Waals surface area contributed by atoms with Crippen LogP contribution >= 0.6 is 0 Å². The number of hydrogen-bond donors (Lipinski definition) is 0. The summed E-state index contributed by atoms with van der Waals surface area (Å²) in [6.07, 6.45) is 5.27. The number of hydrogen-bond acceptors (Lipinski definition) is 4. The maximum atomic E-state index is 12.9. The number of benzene rings is 2. The van der Waals surface area contributed by atoms with Crippen molar-refractivity contribution in [1.29, 1.82) is 0 Å². The standard InChI is InChI=1S/C23H16N2O4/c26-19-10-11-20(27)24(19)18-14-15-6-4-5-9-17(15)23(18,16-7-2-1-3-8-16)25-21(28)12-13-22(25)29/h1-13,18H,14H2. The highest BCUT2D eigenvalue weighted by molar-refractivity contribution is 6.15. The summed E-state index contributed by atoms with van der Waals surface area (Å²) in [7, 11) is 0. The molecule has 0 bridgehead atoms. The highest BCUT2D eigenvalue weighted by atomic mass is 16.2. The van der Waals surface area contributed by atoms with E-state index in [1.165, 1.54) is 34.1 Å². The molecule has 2 aromatic rings. The summed E-state index contributed by atoms with van der Waals surface area (Å²) >= 11 is 0. The van der Waals surface area contributed by atoms with Crippen molar-refractivity contribution in [3.8, 4) is 0 Å². The summed E-state index contributed by atoms with van der Waals surface area (Å²) in [6, 6.07) is 15.9. The van der Waals surface area contributed by atoms with Crippen LogP contribution in [0, 0.1) is 0 Å². The van der Waals surface area contributed by atoms with Crippen LogP contribution < -0.4 is 0 Å². The van der Waals surface area contributed by atoms with E-state index in [1.54, 1.807) is 0 Å². The molecule has 4 amide bonds. The van der Waals surface area contributed by atoms with Crippen molar-refractivity contribution in [1.82, 2.24) is 9.80 Å². The Kier molecular flexibility index (Phi) is 3.64. The molecular weight excluding hydrogens is 368 g/mol. The molecule has 2 aromatic carbocycles. The molecule has 0 N–H and O–H groups in total. The average Bonchev–Trinajstić information content (AvgIpc) is 3.36. The zero-order valence-corrected chi connectivity index (χ0v) is 15.3. The molecule has 0 spiro atoms. The van der Waals surface area contributed by atoms with Gasteiger partial charge >= 0.3 is 0 Å². The molecule has 0 radical (unpaired) electrons. The molecule has 6 heteroatoms. The van der Waals surface area contributed by atoms with Gasteiger partial charge in [-0.05, 0) is 23.1 Å². The van der Waals surface area contributed by atoms with E-state index in [1.807, 2.05) is 54.6 Å². The smallest absolute Gasteiger partial charge is 0.254 e. The molecule has 6 nitrogen and oxygen atoms in total. The van der Waals surface area contributed by atoms with Gasteiger partial charge in [-0.1, -0.05) is 54.6 Å². The van der Waals surface area contributed by atoms with Crippen LogP contribution in [0.4, 0.5) is 0 Å². The third-order valence-electron chi connectivity index (χ3n) is 5.85. The molecule has 142 valence electrons. The second-order valence-corrected chi connectivity index (χ2v) is 7.23. The van der Waals surface area contributed by atoms with Crippen molar-refractivity contribution in [3.05, 3.63) is 95.6 Å². The minimum Gasteiger partial charge on any atom is -0.269 e. The minimum absolute atomic E-state index is 0.348. The van der Waals surface area contributed by atoms with Gasteiger partial charge in [0.25, 0.3) is 23.6 Å². The van der Waals surface area contributed by atoms with E-state index in [9.17, 15) is 19.2 Å². The van der Waals surface area contributed by atoms with Crippen molar-refractivity contribution in [2.75, 3.05) is 0 Å². The molecule has 2 atom stereocenters. The van der Waals surface area contributed by atoms with Crippen molar-refractivity contribution in [3.63, 3.8) is 0 Å². The molecule has 3 aliphatic rings. The van der Waals surface area contributed by atoms with Gasteiger partial charge in [-0.2, -0.15) is 0 Å². The number of carbonyl (C=O) groups excluding carboxylic acids is 4. The summed E-state index contributed by atoms with van der Waals surface area (Å²) in [5.74, 6) is -1.82. The van der Waals surface area contributed by atoms with E-state index >= 15 is 0 Å². The van der Waals surface area contributed by atoms with Gasteiger partial charge in [0.05, 0.1) is 6.04 Å². The summed E-state index contributed by atoms with van der Waals surface area (Å²) in [4.78, 5) is 53.4. The Morgan fingerprint density at radius 3 is 1.90 bits per heavy atom. The third-order valence-corrected chi connectivity index (χ3v) is 5.85. The lowest BCUT2D eigenvalue weighted by atomic mass is 9.78. The van der Waals surface area contributed by atoms with E-state index in [2.05, 4.69) is 0 Å². The number of imide groups is 2. The molecule has 2 aliphatic heterocycles. The van der Waals surface area contributed by atoms with E-state index in [0.717, 1.165) is 11.1 Å². The Hall–Kier alpha value is -3.80. The zero-order valence-electron chi connectivity index (χ0n) is 15.3. The quantitative estimate of drug-likeness (QED) is 0.755. The maximum Gasteiger partial charge on any atom is 0.254 e. The first-order chi connectivity index (χ1) is 14.0. The summed E-state index contributed by atoms with van der Waals surface area (Å²) in [5, 5.41) is 0. The number of rotatable bonds is 3. The zero-order chi connectivity index (χ0) is 20.2. The monoisotopic (exact) mass is 384 g/mol. The van der Waals surface area contributed by atoms with Crippen LogP contribution in [0.3, 0.4) is 0 Å². The lowest BCUT2D eigenvalue weighted by Gasteiger charge is -2.45. The summed E-state index contributed by atoms with van der Waals surface area (Å²) < 4.78 is 0. The van der Waals surface area contributed by atoms with Gasteiger partial charge in [0.2, 0.25) is 0 Å². The SMILES string of the molecule is O=C1C=CC(=O)N1C1Cc2ccccc2C1(c1ccccc1)N1C(=O)C=CC1=O. The predicted molar refractivity (Wildman–Crippen MR) is 103 cm³/mol. The number of carbonyl (C=O) groups is 4. The summed E-state index contributed by atoms with van der Waals surface area (Å²) in [5.41, 5.74) is 1.01. The lowest BCUT2D eigenvalue weighted by molar-refractivity contribution is -0.152. The Balaban J connectivity index is 1.84. The minimum atomic E-state index is -1.30. The van der Waals surface area contributed by atoms with Gasteiger partial charge in [-0.15, -0.1) is 0 Å². The number of fused-ring (bicyclic) bond motifs is 1. The highest BCUT2D eigenvalue weighted by Gasteiger charge is 2.60. The first kappa shape index (κ1) is 17.3. The van der Waals surface area contributed by atoms with E-state index in [4.69, 9.17) is 0 Å². The predicted octanol–water partition coefficient (Wildman–Crippen LogP) is 1.70. The maximum absolute atomic E-state index is 12.9. The van der Waals surface area contributed by atoms with Crippen molar-refractivity contribution < 1.29 is 19.2 Å². The van der Waals surface area contributed by atoms with Crippen molar-refractivity contribution in [2.45, 2.75) is 18.0 Å². The lowest BCUT2D eigenvalue weighted by Crippen LogP contribution is -2.61. The Morgan fingerprint density at radius 2 is 1.24 bits per heavy atom. The Morgan fingerprint density at radius 1 is 0.690 bits per heavy atom. The van der Waals surface area contributed by atoms with E-state index < -0.39 is 35.2 Å². The average molecular weight is 384 g/mol. The molecule has 5 rings (SSSR count). The van der Waals surface area contributed by atoms with Crippen LogP contribution in [0.1, 0.15) is 16.7 Å². The van der Waals surface area contributed by atoms with Crippen LogP contribution in [0.25, 0.3) is 0 Å². The molecule has 29 heavy (non-hydrogen) atoms.